The number of hydrogen-bond acceptors (Lipinski definition) is 4. The first-order valence-corrected chi connectivity index (χ1v) is 7.94. The molecule has 1 aromatic heterocycles. The van der Waals surface area contributed by atoms with Gasteiger partial charge in [-0.15, -0.1) is 11.3 Å². The first-order valence-electron chi connectivity index (χ1n) is 6.99. The van der Waals surface area contributed by atoms with Crippen LogP contribution in [0.4, 0.5) is 10.5 Å². The van der Waals surface area contributed by atoms with Crippen molar-refractivity contribution in [1.29, 1.82) is 0 Å². The molecule has 3 N–H and O–H groups in total. The number of thiazole rings is 1. The zero-order valence-electron chi connectivity index (χ0n) is 12.1. The predicted molar refractivity (Wildman–Crippen MR) is 86.4 cm³/mol. The summed E-state index contributed by atoms with van der Waals surface area (Å²) in [5, 5.41) is 10.8. The molecule has 1 heterocycles. The van der Waals surface area contributed by atoms with Gasteiger partial charge in [0.15, 0.2) is 0 Å². The van der Waals surface area contributed by atoms with Gasteiger partial charge in [-0.25, -0.2) is 9.78 Å². The van der Waals surface area contributed by atoms with Crippen LogP contribution < -0.4 is 16.0 Å². The zero-order valence-corrected chi connectivity index (χ0v) is 12.9. The number of carbonyl (C=O) groups excluding carboxylic acids is 1. The van der Waals surface area contributed by atoms with Crippen molar-refractivity contribution in [2.24, 2.45) is 0 Å². The smallest absolute Gasteiger partial charge is 0.315 e. The van der Waals surface area contributed by atoms with Gasteiger partial charge in [0.05, 0.1) is 17.7 Å². The van der Waals surface area contributed by atoms with Gasteiger partial charge in [0, 0.05) is 24.2 Å². The molecule has 0 atom stereocenters. The van der Waals surface area contributed by atoms with Gasteiger partial charge in [-0.1, -0.05) is 19.1 Å². The molecular weight excluding hydrogens is 284 g/mol. The summed E-state index contributed by atoms with van der Waals surface area (Å²) < 4.78 is 0. The van der Waals surface area contributed by atoms with Crippen LogP contribution >= 0.6 is 11.3 Å². The van der Waals surface area contributed by atoms with Crippen molar-refractivity contribution in [3.8, 4) is 0 Å². The van der Waals surface area contributed by atoms with Gasteiger partial charge in [0.25, 0.3) is 0 Å². The Morgan fingerprint density at radius 1 is 1.19 bits per heavy atom. The fourth-order valence-corrected chi connectivity index (χ4v) is 2.31. The van der Waals surface area contributed by atoms with E-state index in [-0.39, 0.29) is 6.03 Å². The molecule has 2 amide bonds. The third kappa shape index (κ3) is 5.43. The van der Waals surface area contributed by atoms with Crippen LogP contribution in [0.15, 0.2) is 35.2 Å². The Morgan fingerprint density at radius 3 is 2.62 bits per heavy atom. The first kappa shape index (κ1) is 15.3. The number of hydrogen-bond donors (Lipinski definition) is 3. The number of aromatic nitrogens is 1. The van der Waals surface area contributed by atoms with Crippen molar-refractivity contribution >= 4 is 23.1 Å². The molecule has 0 aliphatic carbocycles. The quantitative estimate of drug-likeness (QED) is 0.737. The van der Waals surface area contributed by atoms with Crippen LogP contribution in [0.3, 0.4) is 0 Å². The fraction of sp³-hybridized carbons (Fsp3) is 0.333. The van der Waals surface area contributed by atoms with Gasteiger partial charge in [0.1, 0.15) is 0 Å². The van der Waals surface area contributed by atoms with Gasteiger partial charge in [-0.3, -0.25) is 0 Å². The van der Waals surface area contributed by atoms with E-state index in [4.69, 9.17) is 0 Å². The van der Waals surface area contributed by atoms with E-state index in [9.17, 15) is 4.79 Å². The zero-order chi connectivity index (χ0) is 14.9. The van der Waals surface area contributed by atoms with E-state index in [1.165, 1.54) is 11.3 Å². The maximum absolute atomic E-state index is 11.7. The molecule has 2 rings (SSSR count). The van der Waals surface area contributed by atoms with Crippen LogP contribution in [0.1, 0.15) is 24.6 Å². The molecule has 0 radical (unpaired) electrons. The Kier molecular flexibility index (Phi) is 6.02. The summed E-state index contributed by atoms with van der Waals surface area (Å²) in [7, 11) is 0. The minimum absolute atomic E-state index is 0.184. The van der Waals surface area contributed by atoms with Crippen molar-refractivity contribution in [3.05, 3.63) is 46.4 Å². The highest BCUT2D eigenvalue weighted by Crippen LogP contribution is 2.09. The monoisotopic (exact) mass is 304 g/mol. The number of rotatable bonds is 7. The van der Waals surface area contributed by atoms with E-state index in [1.54, 1.807) is 5.51 Å². The lowest BCUT2D eigenvalue weighted by molar-refractivity contribution is 0.240. The molecule has 0 unspecified atom stereocenters. The lowest BCUT2D eigenvalue weighted by atomic mass is 10.2. The number of urea groups is 1. The maximum atomic E-state index is 11.7. The lowest BCUT2D eigenvalue weighted by Gasteiger charge is -2.08. The Morgan fingerprint density at radius 2 is 1.95 bits per heavy atom. The van der Waals surface area contributed by atoms with Crippen molar-refractivity contribution in [3.63, 3.8) is 0 Å². The minimum Gasteiger partial charge on any atom is -0.385 e. The van der Waals surface area contributed by atoms with Crippen molar-refractivity contribution < 1.29 is 4.79 Å². The molecule has 0 aliphatic rings. The van der Waals surface area contributed by atoms with Gasteiger partial charge in [-0.2, -0.15) is 0 Å². The highest BCUT2D eigenvalue weighted by molar-refractivity contribution is 7.07. The van der Waals surface area contributed by atoms with Crippen LogP contribution in [0, 0.1) is 0 Å². The third-order valence-corrected chi connectivity index (χ3v) is 3.53. The molecule has 5 nitrogen and oxygen atoms in total. The lowest BCUT2D eigenvalue weighted by Crippen LogP contribution is -2.34. The molecule has 0 fully saturated rings. The van der Waals surface area contributed by atoms with Crippen LogP contribution in [0.2, 0.25) is 0 Å². The molecule has 6 heteroatoms. The highest BCUT2D eigenvalue weighted by Gasteiger charge is 2.02. The Hall–Kier alpha value is -2.08. The standard InChI is InChI=1S/C15H20N4OS/c1-2-7-16-13-5-3-12(4-6-13)8-17-15(20)18-9-14-10-21-11-19-14/h3-6,10-11,16H,2,7-9H2,1H3,(H2,17,18,20). The van der Waals surface area contributed by atoms with E-state index in [2.05, 4.69) is 27.9 Å². The maximum Gasteiger partial charge on any atom is 0.315 e. The summed E-state index contributed by atoms with van der Waals surface area (Å²) >= 11 is 1.52. The topological polar surface area (TPSA) is 66.0 Å². The second kappa shape index (κ2) is 8.26. The summed E-state index contributed by atoms with van der Waals surface area (Å²) in [6.07, 6.45) is 1.10. The molecule has 0 aliphatic heterocycles. The average molecular weight is 304 g/mol. The van der Waals surface area contributed by atoms with Crippen molar-refractivity contribution in [2.45, 2.75) is 26.4 Å². The van der Waals surface area contributed by atoms with Gasteiger partial charge in [-0.05, 0) is 24.1 Å². The molecular formula is C15H20N4OS. The van der Waals surface area contributed by atoms with Gasteiger partial charge >= 0.3 is 6.03 Å². The number of benzene rings is 1. The number of amides is 2. The molecule has 0 bridgehead atoms. The largest absolute Gasteiger partial charge is 0.385 e. The molecule has 0 saturated heterocycles. The Labute approximate surface area is 128 Å². The molecule has 0 spiro atoms. The van der Waals surface area contributed by atoms with E-state index < -0.39 is 0 Å². The fourth-order valence-electron chi connectivity index (χ4n) is 1.75. The molecule has 112 valence electrons. The number of nitrogens with one attached hydrogen (secondary N) is 3. The molecule has 1 aromatic carbocycles. The third-order valence-electron chi connectivity index (χ3n) is 2.90. The van der Waals surface area contributed by atoms with E-state index in [0.717, 1.165) is 29.9 Å². The molecule has 2 aromatic rings. The van der Waals surface area contributed by atoms with Crippen LogP contribution in [0.25, 0.3) is 0 Å². The van der Waals surface area contributed by atoms with E-state index in [0.29, 0.717) is 13.1 Å². The molecule has 21 heavy (non-hydrogen) atoms. The summed E-state index contributed by atoms with van der Waals surface area (Å²) in [5.41, 5.74) is 4.80. The van der Waals surface area contributed by atoms with Crippen LogP contribution in [-0.2, 0) is 13.1 Å². The SMILES string of the molecule is CCCNc1ccc(CNC(=O)NCc2cscn2)cc1. The number of anilines is 1. The van der Waals surface area contributed by atoms with Gasteiger partial charge < -0.3 is 16.0 Å². The second-order valence-electron chi connectivity index (χ2n) is 4.64. The number of nitrogens with zero attached hydrogens (tertiary/aromatic N) is 1. The average Bonchev–Trinajstić information content (AvgIpc) is 3.03. The van der Waals surface area contributed by atoms with Crippen molar-refractivity contribution in [1.82, 2.24) is 15.6 Å². The minimum atomic E-state index is -0.184. The molecule has 0 saturated carbocycles. The highest BCUT2D eigenvalue weighted by atomic mass is 32.1. The Balaban J connectivity index is 1.70. The van der Waals surface area contributed by atoms with Gasteiger partial charge in [0.2, 0.25) is 0 Å². The second-order valence-corrected chi connectivity index (χ2v) is 5.36. The summed E-state index contributed by atoms with van der Waals surface area (Å²) in [5.74, 6) is 0. The Bertz CT molecular complexity index is 539. The summed E-state index contributed by atoms with van der Waals surface area (Å²) in [6, 6.07) is 7.90. The van der Waals surface area contributed by atoms with Crippen molar-refractivity contribution in [2.75, 3.05) is 11.9 Å². The van der Waals surface area contributed by atoms with Crippen LogP contribution in [0.5, 0.6) is 0 Å². The number of carbonyl (C=O) groups is 1. The van der Waals surface area contributed by atoms with E-state index in [1.807, 2.05) is 29.6 Å². The first-order chi connectivity index (χ1) is 10.3. The van der Waals surface area contributed by atoms with Crippen LogP contribution in [-0.4, -0.2) is 17.6 Å². The summed E-state index contributed by atoms with van der Waals surface area (Å²) in [6.45, 7) is 4.07. The summed E-state index contributed by atoms with van der Waals surface area (Å²) in [4.78, 5) is 15.8. The normalized spacial score (nSPS) is 10.1. The predicted octanol–water partition coefficient (Wildman–Crippen LogP) is 2.96. The van der Waals surface area contributed by atoms with E-state index >= 15 is 0 Å².